The van der Waals surface area contributed by atoms with Crippen molar-refractivity contribution in [2.75, 3.05) is 7.11 Å². The Morgan fingerprint density at radius 3 is 2.33 bits per heavy atom. The van der Waals surface area contributed by atoms with Gasteiger partial charge in [-0.25, -0.2) is 0 Å². The van der Waals surface area contributed by atoms with Crippen molar-refractivity contribution < 1.29 is 9.53 Å². The molecule has 2 heteroatoms. The van der Waals surface area contributed by atoms with Gasteiger partial charge < -0.3 is 4.74 Å². The summed E-state index contributed by atoms with van der Waals surface area (Å²) < 4.78 is 4.56. The molecule has 0 aromatic rings. The molecule has 0 aliphatic carbocycles. The zero-order valence-electron chi connectivity index (χ0n) is 10.1. The highest BCUT2D eigenvalue weighted by Crippen LogP contribution is 2.04. The van der Waals surface area contributed by atoms with E-state index >= 15 is 0 Å². The van der Waals surface area contributed by atoms with Crippen LogP contribution in [0.4, 0.5) is 0 Å². The van der Waals surface area contributed by atoms with E-state index in [9.17, 15) is 4.79 Å². The van der Waals surface area contributed by atoms with Gasteiger partial charge in [-0.05, 0) is 25.7 Å². The highest BCUT2D eigenvalue weighted by atomic mass is 16.5. The Kier molecular flexibility index (Phi) is 10.7. The summed E-state index contributed by atoms with van der Waals surface area (Å²) >= 11 is 0. The van der Waals surface area contributed by atoms with Crippen LogP contribution in [0.3, 0.4) is 0 Å². The van der Waals surface area contributed by atoms with Crippen molar-refractivity contribution in [3.8, 4) is 0 Å². The molecule has 0 bridgehead atoms. The average molecular weight is 212 g/mol. The molecule has 0 aromatic carbocycles. The summed E-state index contributed by atoms with van der Waals surface area (Å²) in [5.41, 5.74) is 0. The van der Waals surface area contributed by atoms with Crippen LogP contribution in [0, 0.1) is 0 Å². The number of esters is 1. The number of allylic oxidation sites excluding steroid dienone is 2. The third-order valence-electron chi connectivity index (χ3n) is 2.37. The van der Waals surface area contributed by atoms with Crippen LogP contribution >= 0.6 is 0 Å². The number of rotatable bonds is 9. The molecule has 0 atom stereocenters. The Bertz CT molecular complexity index is 173. The number of methoxy groups -OCH3 is 1. The second-order valence-corrected chi connectivity index (χ2v) is 3.79. The molecule has 0 saturated heterocycles. The number of carbonyl (C=O) groups is 1. The maximum Gasteiger partial charge on any atom is 0.305 e. The predicted molar refractivity (Wildman–Crippen MR) is 63.8 cm³/mol. The minimum atomic E-state index is -0.105. The molecule has 0 aliphatic heterocycles. The summed E-state index contributed by atoms with van der Waals surface area (Å²) in [6.45, 7) is 2.22. The van der Waals surface area contributed by atoms with Crippen molar-refractivity contribution in [1.29, 1.82) is 0 Å². The monoisotopic (exact) mass is 212 g/mol. The minimum absolute atomic E-state index is 0.105. The Balaban J connectivity index is 3.14. The van der Waals surface area contributed by atoms with Gasteiger partial charge in [0.15, 0.2) is 0 Å². The van der Waals surface area contributed by atoms with Gasteiger partial charge in [-0.1, -0.05) is 38.3 Å². The number of hydrogen-bond acceptors (Lipinski definition) is 2. The number of unbranched alkanes of at least 4 members (excludes halogenated alkanes) is 5. The fourth-order valence-electron chi connectivity index (χ4n) is 1.39. The summed E-state index contributed by atoms with van der Waals surface area (Å²) in [6.07, 6.45) is 13.3. The third-order valence-corrected chi connectivity index (χ3v) is 2.37. The molecule has 0 saturated carbocycles. The lowest BCUT2D eigenvalue weighted by atomic mass is 10.1. The maximum atomic E-state index is 10.8. The molecule has 88 valence electrons. The van der Waals surface area contributed by atoms with Gasteiger partial charge in [0.25, 0.3) is 0 Å². The maximum absolute atomic E-state index is 10.8. The first-order valence-corrected chi connectivity index (χ1v) is 6.03. The first-order chi connectivity index (χ1) is 7.31. The van der Waals surface area contributed by atoms with Crippen LogP contribution in [0.2, 0.25) is 0 Å². The van der Waals surface area contributed by atoms with Crippen molar-refractivity contribution in [2.45, 2.75) is 58.3 Å². The normalized spacial score (nSPS) is 10.8. The molecule has 0 heterocycles. The third kappa shape index (κ3) is 11.1. The zero-order chi connectivity index (χ0) is 11.4. The van der Waals surface area contributed by atoms with E-state index in [4.69, 9.17) is 0 Å². The lowest BCUT2D eigenvalue weighted by Crippen LogP contribution is -1.98. The van der Waals surface area contributed by atoms with Crippen LogP contribution in [0.5, 0.6) is 0 Å². The van der Waals surface area contributed by atoms with E-state index in [1.165, 1.54) is 39.2 Å². The highest BCUT2D eigenvalue weighted by Gasteiger charge is 1.96. The van der Waals surface area contributed by atoms with Crippen LogP contribution in [0.25, 0.3) is 0 Å². The van der Waals surface area contributed by atoms with Gasteiger partial charge in [-0.15, -0.1) is 0 Å². The topological polar surface area (TPSA) is 26.3 Å². The number of ether oxygens (including phenoxy) is 1. The molecule has 0 aromatic heterocycles. The second-order valence-electron chi connectivity index (χ2n) is 3.79. The lowest BCUT2D eigenvalue weighted by molar-refractivity contribution is -0.140. The van der Waals surface area contributed by atoms with Crippen LogP contribution in [-0.2, 0) is 9.53 Å². The summed E-state index contributed by atoms with van der Waals surface area (Å²) in [5.74, 6) is -0.105. The van der Waals surface area contributed by atoms with Gasteiger partial charge in [0, 0.05) is 6.42 Å². The molecular formula is C13H24O2. The van der Waals surface area contributed by atoms with Gasteiger partial charge >= 0.3 is 5.97 Å². The van der Waals surface area contributed by atoms with Crippen LogP contribution < -0.4 is 0 Å². The van der Waals surface area contributed by atoms with Gasteiger partial charge in [0.2, 0.25) is 0 Å². The van der Waals surface area contributed by atoms with E-state index in [1.54, 1.807) is 0 Å². The van der Waals surface area contributed by atoms with Gasteiger partial charge in [0.1, 0.15) is 0 Å². The number of hydrogen-bond donors (Lipinski definition) is 0. The van der Waals surface area contributed by atoms with Gasteiger partial charge in [0.05, 0.1) is 7.11 Å². The van der Waals surface area contributed by atoms with Crippen LogP contribution in [0.15, 0.2) is 12.2 Å². The SMILES string of the molecule is CCCCCC/C=C/CCCC(=O)OC. The molecule has 0 unspecified atom stereocenters. The molecule has 0 rings (SSSR count). The van der Waals surface area contributed by atoms with Gasteiger partial charge in [-0.2, -0.15) is 0 Å². The summed E-state index contributed by atoms with van der Waals surface area (Å²) in [6, 6.07) is 0. The van der Waals surface area contributed by atoms with Crippen molar-refractivity contribution in [1.82, 2.24) is 0 Å². The molecule has 0 amide bonds. The average Bonchev–Trinajstić information content (AvgIpc) is 2.26. The standard InChI is InChI=1S/C13H24O2/c1-3-4-5-6-7-8-9-10-11-12-13(14)15-2/h8-9H,3-7,10-12H2,1-2H3/b9-8+. The largest absolute Gasteiger partial charge is 0.469 e. The molecule has 0 spiro atoms. The molecular weight excluding hydrogens is 188 g/mol. The van der Waals surface area contributed by atoms with Crippen molar-refractivity contribution in [3.05, 3.63) is 12.2 Å². The molecule has 0 aliphatic rings. The Hall–Kier alpha value is -0.790. The predicted octanol–water partition coefficient (Wildman–Crippen LogP) is 3.86. The van der Waals surface area contributed by atoms with E-state index < -0.39 is 0 Å². The zero-order valence-corrected chi connectivity index (χ0v) is 10.1. The number of carbonyl (C=O) groups excluding carboxylic acids is 1. The lowest BCUT2D eigenvalue weighted by Gasteiger charge is -1.96. The smallest absolute Gasteiger partial charge is 0.305 e. The molecule has 2 nitrogen and oxygen atoms in total. The van der Waals surface area contributed by atoms with Crippen LogP contribution in [-0.4, -0.2) is 13.1 Å². The first-order valence-electron chi connectivity index (χ1n) is 6.03. The summed E-state index contributed by atoms with van der Waals surface area (Å²) in [7, 11) is 1.44. The molecule has 15 heavy (non-hydrogen) atoms. The second kappa shape index (κ2) is 11.3. The van der Waals surface area contributed by atoms with E-state index in [2.05, 4.69) is 23.8 Å². The van der Waals surface area contributed by atoms with Crippen molar-refractivity contribution in [2.24, 2.45) is 0 Å². The summed E-state index contributed by atoms with van der Waals surface area (Å²) in [4.78, 5) is 10.8. The van der Waals surface area contributed by atoms with Crippen molar-refractivity contribution in [3.63, 3.8) is 0 Å². The van der Waals surface area contributed by atoms with Gasteiger partial charge in [-0.3, -0.25) is 4.79 Å². The van der Waals surface area contributed by atoms with Crippen LogP contribution in [0.1, 0.15) is 58.3 Å². The Morgan fingerprint density at radius 2 is 1.73 bits per heavy atom. The van der Waals surface area contributed by atoms with Crippen molar-refractivity contribution >= 4 is 5.97 Å². The highest BCUT2D eigenvalue weighted by molar-refractivity contribution is 5.68. The quantitative estimate of drug-likeness (QED) is 0.329. The van der Waals surface area contributed by atoms with E-state index in [0.717, 1.165) is 12.8 Å². The Morgan fingerprint density at radius 1 is 1.07 bits per heavy atom. The molecule has 0 radical (unpaired) electrons. The molecule has 0 N–H and O–H groups in total. The summed E-state index contributed by atoms with van der Waals surface area (Å²) in [5, 5.41) is 0. The van der Waals surface area contributed by atoms with E-state index in [0.29, 0.717) is 6.42 Å². The van der Waals surface area contributed by atoms with E-state index in [-0.39, 0.29) is 5.97 Å². The first kappa shape index (κ1) is 14.2. The fourth-order valence-corrected chi connectivity index (χ4v) is 1.39. The fraction of sp³-hybridized carbons (Fsp3) is 0.769. The van der Waals surface area contributed by atoms with E-state index in [1.807, 2.05) is 0 Å². The minimum Gasteiger partial charge on any atom is -0.469 e. The Labute approximate surface area is 93.7 Å². The molecule has 0 fully saturated rings.